The minimum atomic E-state index is -0.145. The Labute approximate surface area is 216 Å². The molecule has 0 aliphatic carbocycles. The van der Waals surface area contributed by atoms with Crippen molar-refractivity contribution in [3.05, 3.63) is 71.3 Å². The van der Waals surface area contributed by atoms with E-state index in [4.69, 9.17) is 0 Å². The molecular formula is C27H36N4O6. The Morgan fingerprint density at radius 3 is 1.05 bits per heavy atom. The van der Waals surface area contributed by atoms with Gasteiger partial charge in [-0.1, -0.05) is 36.4 Å². The SMILES string of the molecule is Oc1cccc(CNCCN(CCNCc2cccc(O)c2O)CCNCc2cccc(O)c2O)c1O. The highest BCUT2D eigenvalue weighted by Gasteiger charge is 2.10. The number of rotatable bonds is 15. The molecule has 0 aromatic heterocycles. The molecule has 10 heteroatoms. The van der Waals surface area contributed by atoms with Crippen LogP contribution in [0.2, 0.25) is 0 Å². The van der Waals surface area contributed by atoms with E-state index in [9.17, 15) is 30.6 Å². The largest absolute Gasteiger partial charge is 0.504 e. The van der Waals surface area contributed by atoms with Crippen LogP contribution in [0.3, 0.4) is 0 Å². The number of phenolic OH excluding ortho intramolecular Hbond substituents is 6. The van der Waals surface area contributed by atoms with Crippen molar-refractivity contribution in [1.29, 1.82) is 0 Å². The Hall–Kier alpha value is -3.70. The second-order valence-corrected chi connectivity index (χ2v) is 8.73. The molecule has 0 fully saturated rings. The van der Waals surface area contributed by atoms with Crippen LogP contribution in [-0.4, -0.2) is 74.8 Å². The Morgan fingerprint density at radius 1 is 0.459 bits per heavy atom. The monoisotopic (exact) mass is 512 g/mol. The highest BCUT2D eigenvalue weighted by atomic mass is 16.3. The first-order valence-electron chi connectivity index (χ1n) is 12.2. The summed E-state index contributed by atoms with van der Waals surface area (Å²) in [7, 11) is 0. The molecule has 9 N–H and O–H groups in total. The molecule has 200 valence electrons. The summed E-state index contributed by atoms with van der Waals surface area (Å²) in [6.45, 7) is 5.35. The topological polar surface area (TPSA) is 161 Å². The maximum absolute atomic E-state index is 9.97. The first-order valence-corrected chi connectivity index (χ1v) is 12.2. The highest BCUT2D eigenvalue weighted by Crippen LogP contribution is 2.29. The molecule has 0 heterocycles. The lowest BCUT2D eigenvalue weighted by Gasteiger charge is -2.23. The molecule has 0 aliphatic rings. The van der Waals surface area contributed by atoms with Crippen LogP contribution in [0.4, 0.5) is 0 Å². The van der Waals surface area contributed by atoms with Crippen molar-refractivity contribution in [3.8, 4) is 34.5 Å². The zero-order valence-corrected chi connectivity index (χ0v) is 20.7. The van der Waals surface area contributed by atoms with E-state index in [1.165, 1.54) is 18.2 Å². The number of benzene rings is 3. The fourth-order valence-electron chi connectivity index (χ4n) is 3.88. The van der Waals surface area contributed by atoms with E-state index in [0.29, 0.717) is 56.0 Å². The molecule has 0 saturated heterocycles. The van der Waals surface area contributed by atoms with Crippen LogP contribution in [0.15, 0.2) is 54.6 Å². The molecule has 0 spiro atoms. The van der Waals surface area contributed by atoms with E-state index in [0.717, 1.165) is 19.6 Å². The van der Waals surface area contributed by atoms with Crippen molar-refractivity contribution in [2.24, 2.45) is 0 Å². The molecule has 0 bridgehead atoms. The van der Waals surface area contributed by atoms with Crippen molar-refractivity contribution < 1.29 is 30.6 Å². The number of hydrogen-bond donors (Lipinski definition) is 9. The third-order valence-corrected chi connectivity index (χ3v) is 6.06. The zero-order chi connectivity index (χ0) is 26.6. The van der Waals surface area contributed by atoms with Gasteiger partial charge in [0, 0.05) is 75.6 Å². The number of nitrogens with zero attached hydrogens (tertiary/aromatic N) is 1. The van der Waals surface area contributed by atoms with Crippen molar-refractivity contribution >= 4 is 0 Å². The summed E-state index contributed by atoms with van der Waals surface area (Å²) in [5, 5.41) is 68.7. The van der Waals surface area contributed by atoms with Crippen LogP contribution >= 0.6 is 0 Å². The molecule has 0 radical (unpaired) electrons. The van der Waals surface area contributed by atoms with Gasteiger partial charge >= 0.3 is 0 Å². The first kappa shape index (κ1) is 27.9. The smallest absolute Gasteiger partial charge is 0.161 e. The van der Waals surface area contributed by atoms with Crippen LogP contribution < -0.4 is 16.0 Å². The molecule has 37 heavy (non-hydrogen) atoms. The van der Waals surface area contributed by atoms with Crippen molar-refractivity contribution in [2.45, 2.75) is 19.6 Å². The molecule has 3 aromatic rings. The molecule has 10 nitrogen and oxygen atoms in total. The second-order valence-electron chi connectivity index (χ2n) is 8.73. The third kappa shape index (κ3) is 8.43. The van der Waals surface area contributed by atoms with E-state index in [-0.39, 0.29) is 34.5 Å². The van der Waals surface area contributed by atoms with E-state index in [2.05, 4.69) is 20.9 Å². The van der Waals surface area contributed by atoms with E-state index < -0.39 is 0 Å². The highest BCUT2D eigenvalue weighted by molar-refractivity contribution is 5.45. The lowest BCUT2D eigenvalue weighted by atomic mass is 10.2. The summed E-state index contributed by atoms with van der Waals surface area (Å²) in [5.41, 5.74) is 1.85. The second kappa shape index (κ2) is 14.1. The number of para-hydroxylation sites is 3. The molecule has 0 amide bonds. The Balaban J connectivity index is 1.47. The number of phenols is 6. The van der Waals surface area contributed by atoms with Gasteiger partial charge in [0.15, 0.2) is 34.5 Å². The van der Waals surface area contributed by atoms with Gasteiger partial charge in [-0.3, -0.25) is 4.90 Å². The van der Waals surface area contributed by atoms with Gasteiger partial charge in [-0.25, -0.2) is 0 Å². The minimum absolute atomic E-state index is 0.120. The molecule has 0 saturated carbocycles. The fraction of sp³-hybridized carbons (Fsp3) is 0.333. The minimum Gasteiger partial charge on any atom is -0.504 e. The van der Waals surface area contributed by atoms with Gasteiger partial charge in [-0.05, 0) is 18.2 Å². The van der Waals surface area contributed by atoms with Gasteiger partial charge in [0.25, 0.3) is 0 Å². The van der Waals surface area contributed by atoms with E-state index >= 15 is 0 Å². The summed E-state index contributed by atoms with van der Waals surface area (Å²) in [5.74, 6) is -0.794. The van der Waals surface area contributed by atoms with Crippen molar-refractivity contribution in [1.82, 2.24) is 20.9 Å². The predicted molar refractivity (Wildman–Crippen MR) is 141 cm³/mol. The number of aromatic hydroxyl groups is 6. The quantitative estimate of drug-likeness (QED) is 0.109. The normalized spacial score (nSPS) is 11.3. The zero-order valence-electron chi connectivity index (χ0n) is 20.7. The van der Waals surface area contributed by atoms with Crippen LogP contribution in [0.5, 0.6) is 34.5 Å². The Bertz CT molecular complexity index is 1000. The number of nitrogens with one attached hydrogen (secondary N) is 3. The van der Waals surface area contributed by atoms with Crippen molar-refractivity contribution in [3.63, 3.8) is 0 Å². The molecule has 0 atom stereocenters. The maximum atomic E-state index is 9.97. The molecule has 3 aromatic carbocycles. The van der Waals surface area contributed by atoms with Crippen LogP contribution in [-0.2, 0) is 19.6 Å². The van der Waals surface area contributed by atoms with Gasteiger partial charge in [0.2, 0.25) is 0 Å². The summed E-state index contributed by atoms with van der Waals surface area (Å²) >= 11 is 0. The molecule has 3 rings (SSSR count). The van der Waals surface area contributed by atoms with Crippen LogP contribution in [0.25, 0.3) is 0 Å². The average molecular weight is 513 g/mol. The van der Waals surface area contributed by atoms with Gasteiger partial charge < -0.3 is 46.6 Å². The van der Waals surface area contributed by atoms with Gasteiger partial charge in [-0.2, -0.15) is 0 Å². The van der Waals surface area contributed by atoms with Gasteiger partial charge in [0.1, 0.15) is 0 Å². The summed E-state index contributed by atoms with van der Waals surface area (Å²) < 4.78 is 0. The van der Waals surface area contributed by atoms with E-state index in [1.807, 2.05) is 0 Å². The summed E-state index contributed by atoms with van der Waals surface area (Å²) in [4.78, 5) is 2.24. The van der Waals surface area contributed by atoms with Crippen molar-refractivity contribution in [2.75, 3.05) is 39.3 Å². The summed E-state index contributed by atoms with van der Waals surface area (Å²) in [6, 6.07) is 14.6. The molecule has 0 unspecified atom stereocenters. The molecular weight excluding hydrogens is 476 g/mol. The lowest BCUT2D eigenvalue weighted by Crippen LogP contribution is -2.40. The van der Waals surface area contributed by atoms with Crippen LogP contribution in [0, 0.1) is 0 Å². The molecule has 0 aliphatic heterocycles. The third-order valence-electron chi connectivity index (χ3n) is 6.06. The van der Waals surface area contributed by atoms with E-state index in [1.54, 1.807) is 36.4 Å². The fourth-order valence-corrected chi connectivity index (χ4v) is 3.88. The Kier molecular flexibility index (Phi) is 10.7. The van der Waals surface area contributed by atoms with Gasteiger partial charge in [-0.15, -0.1) is 0 Å². The number of hydrogen-bond acceptors (Lipinski definition) is 10. The Morgan fingerprint density at radius 2 is 0.757 bits per heavy atom. The standard InChI is InChI=1S/C27H36N4O6/c32-22-7-1-4-19(25(22)35)16-28-10-13-31(14-11-29-17-20-5-2-8-23(33)26(20)36)15-12-30-18-21-6-3-9-24(34)27(21)37/h1-9,28-30,32-37H,10-18H2. The first-order chi connectivity index (χ1) is 17.9. The average Bonchev–Trinajstić information content (AvgIpc) is 2.88. The summed E-state index contributed by atoms with van der Waals surface area (Å²) in [6.07, 6.45) is 0. The lowest BCUT2D eigenvalue weighted by molar-refractivity contribution is 0.270. The van der Waals surface area contributed by atoms with Gasteiger partial charge in [0.05, 0.1) is 0 Å². The predicted octanol–water partition coefficient (Wildman–Crippen LogP) is 1.89. The van der Waals surface area contributed by atoms with Crippen LogP contribution in [0.1, 0.15) is 16.7 Å². The maximum Gasteiger partial charge on any atom is 0.161 e.